The summed E-state index contributed by atoms with van der Waals surface area (Å²) in [6.07, 6.45) is 0. The highest BCUT2D eigenvalue weighted by Gasteiger charge is 2.13. The molecule has 0 saturated heterocycles. The van der Waals surface area contributed by atoms with Crippen molar-refractivity contribution in [2.75, 3.05) is 32.7 Å². The second kappa shape index (κ2) is 6.58. The minimum absolute atomic E-state index is 0.310. The largest absolute Gasteiger partial charge is 0.492 e. The van der Waals surface area contributed by atoms with E-state index in [1.54, 1.807) is 0 Å². The zero-order chi connectivity index (χ0) is 15.4. The molecule has 1 aliphatic heterocycles. The molecule has 1 heterocycles. The highest BCUT2D eigenvalue weighted by molar-refractivity contribution is 5.44. The first-order valence-electron chi connectivity index (χ1n) is 7.26. The van der Waals surface area contributed by atoms with Gasteiger partial charge in [0.15, 0.2) is 11.5 Å². The maximum absolute atomic E-state index is 5.70. The molecule has 0 fully saturated rings. The Labute approximate surface area is 130 Å². The molecule has 0 atom stereocenters. The van der Waals surface area contributed by atoms with Gasteiger partial charge in [0, 0.05) is 18.8 Å². The number of likely N-dealkylation sites (N-methyl/N-ethyl adjacent to an activating group) is 1. The van der Waals surface area contributed by atoms with Gasteiger partial charge in [-0.3, -0.25) is 4.90 Å². The lowest BCUT2D eigenvalue weighted by atomic mass is 10.2. The van der Waals surface area contributed by atoms with Crippen LogP contribution in [0.1, 0.15) is 5.56 Å². The van der Waals surface area contributed by atoms with Gasteiger partial charge in [-0.1, -0.05) is 6.07 Å². The third-order valence-corrected chi connectivity index (χ3v) is 3.51. The molecule has 5 heteroatoms. The van der Waals surface area contributed by atoms with Gasteiger partial charge in [0.2, 0.25) is 6.79 Å². The Morgan fingerprint density at radius 1 is 1.09 bits per heavy atom. The molecule has 3 rings (SSSR count). The fourth-order valence-electron chi connectivity index (χ4n) is 2.31. The number of ether oxygens (including phenoxy) is 3. The van der Waals surface area contributed by atoms with Gasteiger partial charge in [-0.05, 0) is 49.0 Å². The Morgan fingerprint density at radius 3 is 2.68 bits per heavy atom. The van der Waals surface area contributed by atoms with Crippen molar-refractivity contribution in [3.05, 3.63) is 48.0 Å². The molecule has 0 aliphatic carbocycles. The fraction of sp³-hybridized carbons (Fsp3) is 0.294. The molecule has 0 unspecified atom stereocenters. The average molecular weight is 300 g/mol. The van der Waals surface area contributed by atoms with Crippen LogP contribution in [-0.2, 0) is 6.54 Å². The fourth-order valence-corrected chi connectivity index (χ4v) is 2.31. The monoisotopic (exact) mass is 300 g/mol. The standard InChI is InChI=1S/C17H20N2O3/c1-19(8-9-20-15-5-3-14(18)4-6-15)11-13-2-7-16-17(10-13)22-12-21-16/h2-7,10H,8-9,11-12,18H2,1H3. The summed E-state index contributed by atoms with van der Waals surface area (Å²) in [4.78, 5) is 2.20. The highest BCUT2D eigenvalue weighted by Crippen LogP contribution is 2.32. The summed E-state index contributed by atoms with van der Waals surface area (Å²) in [6, 6.07) is 13.5. The van der Waals surface area contributed by atoms with Crippen molar-refractivity contribution in [2.45, 2.75) is 6.54 Å². The summed E-state index contributed by atoms with van der Waals surface area (Å²) < 4.78 is 16.4. The van der Waals surface area contributed by atoms with Gasteiger partial charge in [0.25, 0.3) is 0 Å². The summed E-state index contributed by atoms with van der Waals surface area (Å²) in [5.74, 6) is 2.48. The molecule has 0 spiro atoms. The number of benzene rings is 2. The van der Waals surface area contributed by atoms with Gasteiger partial charge < -0.3 is 19.9 Å². The van der Waals surface area contributed by atoms with E-state index in [2.05, 4.69) is 18.0 Å². The number of nitrogens with two attached hydrogens (primary N) is 1. The zero-order valence-electron chi connectivity index (χ0n) is 12.6. The van der Waals surface area contributed by atoms with Crippen molar-refractivity contribution in [1.82, 2.24) is 4.90 Å². The van der Waals surface area contributed by atoms with Crippen molar-refractivity contribution >= 4 is 5.69 Å². The van der Waals surface area contributed by atoms with E-state index in [9.17, 15) is 0 Å². The molecule has 5 nitrogen and oxygen atoms in total. The quantitative estimate of drug-likeness (QED) is 0.831. The van der Waals surface area contributed by atoms with Crippen molar-refractivity contribution in [1.29, 1.82) is 0 Å². The maximum Gasteiger partial charge on any atom is 0.231 e. The lowest BCUT2D eigenvalue weighted by molar-refractivity contribution is 0.174. The molecular weight excluding hydrogens is 280 g/mol. The van der Waals surface area contributed by atoms with Gasteiger partial charge in [-0.2, -0.15) is 0 Å². The van der Waals surface area contributed by atoms with Crippen LogP contribution in [0.15, 0.2) is 42.5 Å². The van der Waals surface area contributed by atoms with E-state index in [0.717, 1.165) is 36.0 Å². The first-order valence-corrected chi connectivity index (χ1v) is 7.26. The highest BCUT2D eigenvalue weighted by atomic mass is 16.7. The van der Waals surface area contributed by atoms with Crippen LogP contribution < -0.4 is 19.9 Å². The maximum atomic E-state index is 5.70. The van der Waals surface area contributed by atoms with E-state index in [1.165, 1.54) is 5.56 Å². The van der Waals surface area contributed by atoms with Crippen LogP contribution in [0.25, 0.3) is 0 Å². The van der Waals surface area contributed by atoms with Crippen molar-refractivity contribution in [2.24, 2.45) is 0 Å². The van der Waals surface area contributed by atoms with E-state index in [1.807, 2.05) is 36.4 Å². The van der Waals surface area contributed by atoms with Crippen LogP contribution in [0.3, 0.4) is 0 Å². The number of hydrogen-bond donors (Lipinski definition) is 1. The molecular formula is C17H20N2O3. The van der Waals surface area contributed by atoms with Gasteiger partial charge in [0.05, 0.1) is 0 Å². The molecule has 2 aromatic rings. The van der Waals surface area contributed by atoms with E-state index >= 15 is 0 Å². The molecule has 0 saturated carbocycles. The smallest absolute Gasteiger partial charge is 0.231 e. The molecule has 22 heavy (non-hydrogen) atoms. The summed E-state index contributed by atoms with van der Waals surface area (Å²) >= 11 is 0. The van der Waals surface area contributed by atoms with Gasteiger partial charge >= 0.3 is 0 Å². The van der Waals surface area contributed by atoms with Crippen LogP contribution >= 0.6 is 0 Å². The predicted octanol–water partition coefficient (Wildman–Crippen LogP) is 2.51. The Hall–Kier alpha value is -2.40. The minimum atomic E-state index is 0.310. The van der Waals surface area contributed by atoms with Gasteiger partial charge in [-0.15, -0.1) is 0 Å². The van der Waals surface area contributed by atoms with Crippen LogP contribution in [0.5, 0.6) is 17.2 Å². The van der Waals surface area contributed by atoms with Gasteiger partial charge in [0.1, 0.15) is 12.4 Å². The van der Waals surface area contributed by atoms with Crippen LogP contribution in [0.2, 0.25) is 0 Å². The zero-order valence-corrected chi connectivity index (χ0v) is 12.6. The summed E-state index contributed by atoms with van der Waals surface area (Å²) in [6.45, 7) is 2.61. The normalized spacial score (nSPS) is 12.6. The molecule has 2 N–H and O–H groups in total. The summed E-state index contributed by atoms with van der Waals surface area (Å²) in [7, 11) is 2.07. The van der Waals surface area contributed by atoms with Crippen molar-refractivity contribution in [3.8, 4) is 17.2 Å². The third kappa shape index (κ3) is 3.62. The number of nitrogens with zero attached hydrogens (tertiary/aromatic N) is 1. The number of rotatable bonds is 6. The topological polar surface area (TPSA) is 57.0 Å². The first-order chi connectivity index (χ1) is 10.7. The van der Waals surface area contributed by atoms with E-state index in [-0.39, 0.29) is 0 Å². The number of nitrogen functional groups attached to an aromatic ring is 1. The summed E-state index contributed by atoms with van der Waals surface area (Å²) in [5.41, 5.74) is 7.58. The Morgan fingerprint density at radius 2 is 1.86 bits per heavy atom. The lowest BCUT2D eigenvalue weighted by Gasteiger charge is -2.17. The van der Waals surface area contributed by atoms with Crippen LogP contribution in [-0.4, -0.2) is 31.9 Å². The Bertz CT molecular complexity index is 628. The molecule has 1 aliphatic rings. The van der Waals surface area contributed by atoms with E-state index in [0.29, 0.717) is 13.4 Å². The SMILES string of the molecule is CN(CCOc1ccc(N)cc1)Cc1ccc2c(c1)OCO2. The van der Waals surface area contributed by atoms with Crippen LogP contribution in [0.4, 0.5) is 5.69 Å². The molecule has 0 radical (unpaired) electrons. The second-order valence-electron chi connectivity index (χ2n) is 5.34. The number of anilines is 1. The number of fused-ring (bicyclic) bond motifs is 1. The average Bonchev–Trinajstić information content (AvgIpc) is 2.97. The molecule has 116 valence electrons. The Kier molecular flexibility index (Phi) is 4.34. The van der Waals surface area contributed by atoms with Gasteiger partial charge in [-0.25, -0.2) is 0 Å². The molecule has 0 bridgehead atoms. The lowest BCUT2D eigenvalue weighted by Crippen LogP contribution is -2.23. The number of hydrogen-bond acceptors (Lipinski definition) is 5. The Balaban J connectivity index is 1.46. The molecule has 0 amide bonds. The van der Waals surface area contributed by atoms with E-state index in [4.69, 9.17) is 19.9 Å². The van der Waals surface area contributed by atoms with Crippen molar-refractivity contribution < 1.29 is 14.2 Å². The van der Waals surface area contributed by atoms with Crippen molar-refractivity contribution in [3.63, 3.8) is 0 Å². The molecule has 0 aromatic heterocycles. The molecule has 2 aromatic carbocycles. The second-order valence-corrected chi connectivity index (χ2v) is 5.34. The first kappa shape index (κ1) is 14.5. The predicted molar refractivity (Wildman–Crippen MR) is 85.2 cm³/mol. The minimum Gasteiger partial charge on any atom is -0.492 e. The van der Waals surface area contributed by atoms with Crippen LogP contribution in [0, 0.1) is 0 Å². The summed E-state index contributed by atoms with van der Waals surface area (Å²) in [5, 5.41) is 0. The third-order valence-electron chi connectivity index (χ3n) is 3.51. The van der Waals surface area contributed by atoms with E-state index < -0.39 is 0 Å².